The number of urea groups is 1. The van der Waals surface area contributed by atoms with Crippen LogP contribution in [0.4, 0.5) is 22.1 Å². The maximum atomic E-state index is 13.3. The van der Waals surface area contributed by atoms with E-state index in [-0.39, 0.29) is 25.1 Å². The van der Waals surface area contributed by atoms with Gasteiger partial charge >= 0.3 is 6.03 Å². The van der Waals surface area contributed by atoms with Crippen molar-refractivity contribution < 1.29 is 14.3 Å². The third-order valence-corrected chi connectivity index (χ3v) is 7.02. The smallest absolute Gasteiger partial charge is 0.324 e. The maximum absolute atomic E-state index is 13.3. The molecule has 0 fully saturated rings. The van der Waals surface area contributed by atoms with Crippen molar-refractivity contribution in [2.24, 2.45) is 0 Å². The van der Waals surface area contributed by atoms with Crippen LogP contribution >= 0.6 is 0 Å². The number of ether oxygens (including phenoxy) is 1. The largest absolute Gasteiger partial charge is 0.488 e. The molecular formula is C38H49N7O3. The average Bonchev–Trinajstić information content (AvgIpc) is 3.51. The van der Waals surface area contributed by atoms with Crippen molar-refractivity contribution in [3.8, 4) is 11.4 Å². The first-order chi connectivity index (χ1) is 23.4. The van der Waals surface area contributed by atoms with Gasteiger partial charge in [-0.15, -0.1) is 0 Å². The monoisotopic (exact) mass is 651 g/mol. The highest BCUT2D eigenvalue weighted by atomic mass is 16.5. The fourth-order valence-corrected chi connectivity index (χ4v) is 4.80. The summed E-state index contributed by atoms with van der Waals surface area (Å²) < 4.78 is 7.96. The van der Waals surface area contributed by atoms with E-state index >= 15 is 0 Å². The lowest BCUT2D eigenvalue weighted by Gasteiger charge is -2.15. The Morgan fingerprint density at radius 2 is 1.58 bits per heavy atom. The Morgan fingerprint density at radius 3 is 2.29 bits per heavy atom. The summed E-state index contributed by atoms with van der Waals surface area (Å²) in [6, 6.07) is 24.6. The Bertz CT molecular complexity index is 1750. The number of hydrogen-bond acceptors (Lipinski definition) is 6. The van der Waals surface area contributed by atoms with Gasteiger partial charge in [0.15, 0.2) is 0 Å². The average molecular weight is 652 g/mol. The molecule has 0 aliphatic rings. The lowest BCUT2D eigenvalue weighted by molar-refractivity contribution is -0.115. The Morgan fingerprint density at radius 1 is 0.854 bits per heavy atom. The van der Waals surface area contributed by atoms with Crippen LogP contribution in [0.15, 0.2) is 85.1 Å². The Balaban J connectivity index is 0.00000151. The number of unbranched alkanes of at least 4 members (excludes halogenated alkanes) is 1. The highest BCUT2D eigenvalue weighted by Crippen LogP contribution is 2.32. The van der Waals surface area contributed by atoms with Crippen molar-refractivity contribution in [3.63, 3.8) is 0 Å². The van der Waals surface area contributed by atoms with Crippen LogP contribution in [0.3, 0.4) is 0 Å². The van der Waals surface area contributed by atoms with Crippen LogP contribution in [-0.2, 0) is 17.8 Å². The molecule has 0 saturated heterocycles. The predicted molar refractivity (Wildman–Crippen MR) is 197 cm³/mol. The highest BCUT2D eigenvalue weighted by molar-refractivity contribution is 6.07. The zero-order valence-corrected chi connectivity index (χ0v) is 29.2. The second-order valence-electron chi connectivity index (χ2n) is 10.5. The third kappa shape index (κ3) is 10.4. The number of likely N-dealkylation sites (N-methyl/N-ethyl adjacent to an activating group) is 1. The molecule has 10 heteroatoms. The number of pyridine rings is 1. The molecule has 0 aliphatic carbocycles. The van der Waals surface area contributed by atoms with Gasteiger partial charge in [-0.05, 0) is 68.8 Å². The molecule has 0 saturated carbocycles. The van der Waals surface area contributed by atoms with E-state index < -0.39 is 0 Å². The van der Waals surface area contributed by atoms with Crippen molar-refractivity contribution in [2.45, 2.75) is 67.4 Å². The number of hydrogen-bond donors (Lipinski definition) is 4. The second-order valence-corrected chi connectivity index (χ2v) is 10.5. The molecule has 0 aliphatic heterocycles. The number of anilines is 3. The molecule has 2 heterocycles. The summed E-state index contributed by atoms with van der Waals surface area (Å²) in [6.45, 7) is 12.7. The highest BCUT2D eigenvalue weighted by Gasteiger charge is 2.15. The third-order valence-electron chi connectivity index (χ3n) is 7.02. The van der Waals surface area contributed by atoms with E-state index in [9.17, 15) is 9.59 Å². The lowest BCUT2D eigenvalue weighted by Crippen LogP contribution is -2.25. The van der Waals surface area contributed by atoms with Gasteiger partial charge in [-0.2, -0.15) is 5.10 Å². The number of nitrogens with zero attached hydrogens (tertiary/aromatic N) is 3. The number of rotatable bonds is 12. The molecular weight excluding hydrogens is 602 g/mol. The first-order valence-corrected chi connectivity index (χ1v) is 16.7. The summed E-state index contributed by atoms with van der Waals surface area (Å²) in [5, 5.41) is 18.1. The minimum Gasteiger partial charge on any atom is -0.488 e. The number of carbonyl (C=O) groups excluding carboxylic acids is 2. The van der Waals surface area contributed by atoms with Crippen LogP contribution in [-0.4, -0.2) is 40.3 Å². The van der Waals surface area contributed by atoms with Gasteiger partial charge in [-0.1, -0.05) is 83.0 Å². The number of benzene rings is 3. The first kappa shape index (κ1) is 37.2. The molecule has 3 aromatic carbocycles. The van der Waals surface area contributed by atoms with Gasteiger partial charge < -0.3 is 20.7 Å². The van der Waals surface area contributed by atoms with Gasteiger partial charge in [-0.25, -0.2) is 14.5 Å². The summed E-state index contributed by atoms with van der Waals surface area (Å²) in [5.74, 6) is 1.55. The summed E-state index contributed by atoms with van der Waals surface area (Å²) >= 11 is 0. The Labute approximate surface area is 284 Å². The minimum atomic E-state index is -0.372. The summed E-state index contributed by atoms with van der Waals surface area (Å²) in [7, 11) is 1.71. The Hall–Kier alpha value is -5.22. The quantitative estimate of drug-likeness (QED) is 0.107. The van der Waals surface area contributed by atoms with Crippen LogP contribution in [0, 0.1) is 6.92 Å². The normalized spacial score (nSPS) is 10.2. The van der Waals surface area contributed by atoms with Gasteiger partial charge in [0.25, 0.3) is 0 Å². The molecule has 48 heavy (non-hydrogen) atoms. The molecule has 254 valence electrons. The molecule has 2 aromatic heterocycles. The van der Waals surface area contributed by atoms with Crippen LogP contribution in [0.25, 0.3) is 16.5 Å². The molecule has 3 amide bonds. The maximum Gasteiger partial charge on any atom is 0.324 e. The number of fused-ring (bicyclic) bond motifs is 1. The van der Waals surface area contributed by atoms with E-state index in [0.29, 0.717) is 23.1 Å². The van der Waals surface area contributed by atoms with E-state index in [1.165, 1.54) is 0 Å². The summed E-state index contributed by atoms with van der Waals surface area (Å²) in [4.78, 5) is 29.4. The van der Waals surface area contributed by atoms with Crippen molar-refractivity contribution in [2.75, 3.05) is 29.5 Å². The van der Waals surface area contributed by atoms with E-state index in [2.05, 4.69) is 33.2 Å². The standard InChI is InChI=1S/C34H37N7O3.2C2H6/c1-4-5-8-25-20-32(41(40-25)26-13-11-23(2)12-14-26)39-34(43)37-29-15-16-30(28-10-7-6-9-27(28)29)44-22-24-17-18-36-31(19-24)38-33(42)21-35-3;2*1-2/h6-7,9-20,35H,4-5,8,21-22H2,1-3H3,(H,36,38,42)(H2,37,39,43);2*1-2H3. The van der Waals surface area contributed by atoms with Crippen molar-refractivity contribution >= 4 is 40.0 Å². The fourth-order valence-electron chi connectivity index (χ4n) is 4.80. The lowest BCUT2D eigenvalue weighted by atomic mass is 10.1. The Kier molecular flexibility index (Phi) is 15.1. The van der Waals surface area contributed by atoms with Crippen LogP contribution in [0.5, 0.6) is 5.75 Å². The number of carbonyl (C=O) groups is 2. The predicted octanol–water partition coefficient (Wildman–Crippen LogP) is 8.50. The number of aromatic nitrogens is 3. The fraction of sp³-hybridized carbons (Fsp3) is 0.316. The molecule has 0 unspecified atom stereocenters. The molecule has 0 atom stereocenters. The van der Waals surface area contributed by atoms with Crippen molar-refractivity contribution in [3.05, 3.63) is 102 Å². The summed E-state index contributed by atoms with van der Waals surface area (Å²) in [5.41, 5.74) is 4.46. The van der Waals surface area contributed by atoms with Gasteiger partial charge in [0.2, 0.25) is 5.91 Å². The molecule has 10 nitrogen and oxygen atoms in total. The zero-order valence-electron chi connectivity index (χ0n) is 29.2. The van der Waals surface area contributed by atoms with Crippen LogP contribution < -0.4 is 26.0 Å². The van der Waals surface area contributed by atoms with E-state index in [1.807, 2.05) is 107 Å². The van der Waals surface area contributed by atoms with Crippen LogP contribution in [0.2, 0.25) is 0 Å². The SMILES string of the molecule is CC.CC.CCCCc1cc(NC(=O)Nc2ccc(OCc3ccnc(NC(=O)CNC)c3)c3ccccc23)n(-c2ccc(C)cc2)n1. The van der Waals surface area contributed by atoms with E-state index in [0.717, 1.165) is 52.5 Å². The molecule has 0 bridgehead atoms. The van der Waals surface area contributed by atoms with Gasteiger partial charge in [0.1, 0.15) is 24.0 Å². The number of aryl methyl sites for hydroxylation is 2. The summed E-state index contributed by atoms with van der Waals surface area (Å²) in [6.07, 6.45) is 4.55. The molecule has 5 rings (SSSR count). The second kappa shape index (κ2) is 19.4. The number of nitrogens with one attached hydrogen (secondary N) is 4. The van der Waals surface area contributed by atoms with Gasteiger partial charge in [0.05, 0.1) is 23.6 Å². The topological polar surface area (TPSA) is 122 Å². The van der Waals surface area contributed by atoms with Crippen molar-refractivity contribution in [1.82, 2.24) is 20.1 Å². The molecule has 0 radical (unpaired) electrons. The molecule has 0 spiro atoms. The van der Waals surface area contributed by atoms with Crippen LogP contribution in [0.1, 0.15) is 64.3 Å². The van der Waals surface area contributed by atoms with E-state index in [1.54, 1.807) is 24.0 Å². The minimum absolute atomic E-state index is 0.173. The molecule has 5 aromatic rings. The van der Waals surface area contributed by atoms with Gasteiger partial charge in [0, 0.05) is 23.0 Å². The zero-order chi connectivity index (χ0) is 34.9. The first-order valence-electron chi connectivity index (χ1n) is 16.7. The van der Waals surface area contributed by atoms with Gasteiger partial charge in [-0.3, -0.25) is 10.1 Å². The molecule has 4 N–H and O–H groups in total. The van der Waals surface area contributed by atoms with E-state index in [4.69, 9.17) is 9.84 Å². The van der Waals surface area contributed by atoms with Crippen molar-refractivity contribution in [1.29, 1.82) is 0 Å². The number of amides is 3.